The fraction of sp³-hybridized carbons (Fsp3) is 0.438. The molecule has 0 bridgehead atoms. The maximum atomic E-state index is 13.4. The Kier molecular flexibility index (Phi) is 5.05. The third-order valence-corrected chi connectivity index (χ3v) is 4.09. The van der Waals surface area contributed by atoms with Crippen LogP contribution in [0.25, 0.3) is 0 Å². The van der Waals surface area contributed by atoms with E-state index in [2.05, 4.69) is 20.4 Å². The Balaban J connectivity index is 1.61. The Morgan fingerprint density at radius 1 is 1.42 bits per heavy atom. The van der Waals surface area contributed by atoms with Gasteiger partial charge in [0, 0.05) is 6.54 Å². The summed E-state index contributed by atoms with van der Waals surface area (Å²) in [5.41, 5.74) is 6.22. The summed E-state index contributed by atoms with van der Waals surface area (Å²) in [6.07, 6.45) is 2.79. The van der Waals surface area contributed by atoms with Gasteiger partial charge in [-0.3, -0.25) is 9.69 Å². The first-order valence-electron chi connectivity index (χ1n) is 7.96. The average molecular weight is 333 g/mol. The predicted molar refractivity (Wildman–Crippen MR) is 85.0 cm³/mol. The standard InChI is InChI=1S/C16H20FN5O2/c17-12-5-3-4-11(8-12)10-22-7-2-1-6-13(22)15(23)19-9-14-20-21-16(18)24-14/h3-5,8,13H,1-2,6-7,9-10H2,(H2,18,21)(H,19,23). The second kappa shape index (κ2) is 7.39. The van der Waals surface area contributed by atoms with Crippen LogP contribution in [0.3, 0.4) is 0 Å². The molecule has 1 atom stereocenters. The lowest BCUT2D eigenvalue weighted by atomic mass is 10.0. The van der Waals surface area contributed by atoms with Gasteiger partial charge in [0.1, 0.15) is 5.82 Å². The van der Waals surface area contributed by atoms with E-state index in [1.54, 1.807) is 6.07 Å². The minimum atomic E-state index is -0.264. The van der Waals surface area contributed by atoms with Crippen LogP contribution in [0.1, 0.15) is 30.7 Å². The van der Waals surface area contributed by atoms with Crippen LogP contribution in [-0.4, -0.2) is 33.6 Å². The molecule has 3 rings (SSSR count). The summed E-state index contributed by atoms with van der Waals surface area (Å²) < 4.78 is 18.4. The van der Waals surface area contributed by atoms with Crippen molar-refractivity contribution in [2.24, 2.45) is 0 Å². The zero-order valence-electron chi connectivity index (χ0n) is 13.2. The van der Waals surface area contributed by atoms with Crippen molar-refractivity contribution in [3.63, 3.8) is 0 Å². The van der Waals surface area contributed by atoms with Gasteiger partial charge in [-0.25, -0.2) is 4.39 Å². The van der Waals surface area contributed by atoms with E-state index in [1.807, 2.05) is 6.07 Å². The molecule has 1 aliphatic rings. The molecule has 3 N–H and O–H groups in total. The lowest BCUT2D eigenvalue weighted by molar-refractivity contribution is -0.128. The van der Waals surface area contributed by atoms with Gasteiger partial charge in [-0.1, -0.05) is 23.7 Å². The summed E-state index contributed by atoms with van der Waals surface area (Å²) in [7, 11) is 0. The molecular weight excluding hydrogens is 313 g/mol. The van der Waals surface area contributed by atoms with Crippen molar-refractivity contribution in [3.8, 4) is 0 Å². The second-order valence-corrected chi connectivity index (χ2v) is 5.86. The first-order valence-corrected chi connectivity index (χ1v) is 7.96. The fourth-order valence-corrected chi connectivity index (χ4v) is 2.97. The Labute approximate surface area is 139 Å². The normalized spacial score (nSPS) is 18.5. The Morgan fingerprint density at radius 3 is 3.04 bits per heavy atom. The van der Waals surface area contributed by atoms with E-state index in [0.29, 0.717) is 6.54 Å². The fourth-order valence-electron chi connectivity index (χ4n) is 2.97. The van der Waals surface area contributed by atoms with E-state index in [9.17, 15) is 9.18 Å². The van der Waals surface area contributed by atoms with Crippen molar-refractivity contribution in [2.75, 3.05) is 12.3 Å². The van der Waals surface area contributed by atoms with Gasteiger partial charge in [0.05, 0.1) is 12.6 Å². The first kappa shape index (κ1) is 16.4. The van der Waals surface area contributed by atoms with Crippen molar-refractivity contribution < 1.29 is 13.6 Å². The highest BCUT2D eigenvalue weighted by molar-refractivity contribution is 5.81. The molecule has 0 aliphatic carbocycles. The number of piperidine rings is 1. The first-order chi connectivity index (χ1) is 11.6. The highest BCUT2D eigenvalue weighted by atomic mass is 19.1. The smallest absolute Gasteiger partial charge is 0.312 e. The number of aromatic nitrogens is 2. The quantitative estimate of drug-likeness (QED) is 0.860. The molecule has 1 saturated heterocycles. The molecule has 2 heterocycles. The van der Waals surface area contributed by atoms with Gasteiger partial charge in [-0.2, -0.15) is 0 Å². The minimum Gasteiger partial charge on any atom is -0.406 e. The molecule has 1 unspecified atom stereocenters. The number of nitrogens with zero attached hydrogens (tertiary/aromatic N) is 3. The molecule has 1 fully saturated rings. The molecule has 1 aromatic heterocycles. The van der Waals surface area contributed by atoms with Crippen LogP contribution >= 0.6 is 0 Å². The third-order valence-electron chi connectivity index (χ3n) is 4.09. The molecular formula is C16H20FN5O2. The number of nitrogens with two attached hydrogens (primary N) is 1. The number of anilines is 1. The molecule has 0 radical (unpaired) electrons. The topological polar surface area (TPSA) is 97.3 Å². The number of likely N-dealkylation sites (tertiary alicyclic amines) is 1. The highest BCUT2D eigenvalue weighted by Gasteiger charge is 2.28. The number of carbonyl (C=O) groups is 1. The van der Waals surface area contributed by atoms with Gasteiger partial charge in [0.25, 0.3) is 0 Å². The number of nitrogens with one attached hydrogen (secondary N) is 1. The van der Waals surface area contributed by atoms with Gasteiger partial charge >= 0.3 is 6.01 Å². The van der Waals surface area contributed by atoms with E-state index < -0.39 is 0 Å². The van der Waals surface area contributed by atoms with Gasteiger partial charge in [0.2, 0.25) is 11.8 Å². The Morgan fingerprint density at radius 2 is 2.29 bits per heavy atom. The Bertz CT molecular complexity index is 705. The van der Waals surface area contributed by atoms with Crippen LogP contribution in [-0.2, 0) is 17.9 Å². The van der Waals surface area contributed by atoms with E-state index >= 15 is 0 Å². The summed E-state index contributed by atoms with van der Waals surface area (Å²) in [5.74, 6) is -0.0873. The average Bonchev–Trinajstić information content (AvgIpc) is 2.99. The summed E-state index contributed by atoms with van der Waals surface area (Å²) in [4.78, 5) is 14.6. The molecule has 8 heteroatoms. The van der Waals surface area contributed by atoms with Crippen molar-refractivity contribution >= 4 is 11.9 Å². The van der Waals surface area contributed by atoms with E-state index in [0.717, 1.165) is 31.4 Å². The monoisotopic (exact) mass is 333 g/mol. The number of benzene rings is 1. The number of carbonyl (C=O) groups excluding carboxylic acids is 1. The van der Waals surface area contributed by atoms with Crippen LogP contribution in [0.15, 0.2) is 28.7 Å². The lowest BCUT2D eigenvalue weighted by Crippen LogP contribution is -2.48. The van der Waals surface area contributed by atoms with Gasteiger partial charge in [-0.05, 0) is 37.1 Å². The zero-order valence-corrected chi connectivity index (χ0v) is 13.2. The van der Waals surface area contributed by atoms with Gasteiger partial charge in [0.15, 0.2) is 0 Å². The molecule has 7 nitrogen and oxygen atoms in total. The van der Waals surface area contributed by atoms with Crippen LogP contribution in [0, 0.1) is 5.82 Å². The summed E-state index contributed by atoms with van der Waals surface area (Å²) in [5, 5.41) is 10.1. The van der Waals surface area contributed by atoms with E-state index in [-0.39, 0.29) is 36.2 Å². The number of hydrogen-bond donors (Lipinski definition) is 2. The van der Waals surface area contributed by atoms with E-state index in [1.165, 1.54) is 12.1 Å². The summed E-state index contributed by atoms with van der Waals surface area (Å²) in [6.45, 7) is 1.50. The molecule has 0 spiro atoms. The van der Waals surface area contributed by atoms with Crippen molar-refractivity contribution in [1.82, 2.24) is 20.4 Å². The van der Waals surface area contributed by atoms with Crippen molar-refractivity contribution in [3.05, 3.63) is 41.5 Å². The largest absolute Gasteiger partial charge is 0.406 e. The maximum Gasteiger partial charge on any atom is 0.312 e. The molecule has 1 aliphatic heterocycles. The highest BCUT2D eigenvalue weighted by Crippen LogP contribution is 2.20. The van der Waals surface area contributed by atoms with Crippen LogP contribution < -0.4 is 11.1 Å². The second-order valence-electron chi connectivity index (χ2n) is 5.86. The number of hydrogen-bond acceptors (Lipinski definition) is 6. The molecule has 24 heavy (non-hydrogen) atoms. The SMILES string of the molecule is Nc1nnc(CNC(=O)C2CCCCN2Cc2cccc(F)c2)o1. The van der Waals surface area contributed by atoms with Crippen molar-refractivity contribution in [1.29, 1.82) is 0 Å². The number of halogens is 1. The van der Waals surface area contributed by atoms with Crippen LogP contribution in [0.2, 0.25) is 0 Å². The van der Waals surface area contributed by atoms with Gasteiger partial charge in [-0.15, -0.1) is 5.10 Å². The molecule has 0 saturated carbocycles. The number of nitrogen functional groups attached to an aromatic ring is 1. The maximum absolute atomic E-state index is 13.4. The minimum absolute atomic E-state index is 0.0235. The molecule has 2 aromatic rings. The van der Waals surface area contributed by atoms with Crippen LogP contribution in [0.4, 0.5) is 10.4 Å². The third kappa shape index (κ3) is 4.08. The number of amides is 1. The molecule has 1 amide bonds. The zero-order chi connectivity index (χ0) is 16.9. The molecule has 128 valence electrons. The summed E-state index contributed by atoms with van der Waals surface area (Å²) in [6, 6.07) is 6.20. The summed E-state index contributed by atoms with van der Waals surface area (Å²) >= 11 is 0. The van der Waals surface area contributed by atoms with Crippen LogP contribution in [0.5, 0.6) is 0 Å². The predicted octanol–water partition coefficient (Wildman–Crippen LogP) is 1.46. The van der Waals surface area contributed by atoms with Crippen molar-refractivity contribution in [2.45, 2.75) is 38.4 Å². The number of rotatable bonds is 5. The van der Waals surface area contributed by atoms with Gasteiger partial charge < -0.3 is 15.5 Å². The molecule has 1 aromatic carbocycles. The lowest BCUT2D eigenvalue weighted by Gasteiger charge is -2.34. The Hall–Kier alpha value is -2.48. The van der Waals surface area contributed by atoms with E-state index in [4.69, 9.17) is 10.2 Å².